The van der Waals surface area contributed by atoms with Crippen LogP contribution in [0.5, 0.6) is 0 Å². The van der Waals surface area contributed by atoms with Crippen LogP contribution in [-0.4, -0.2) is 43.0 Å². The Morgan fingerprint density at radius 3 is 2.82 bits per heavy atom. The number of likely N-dealkylation sites (N-methyl/N-ethyl adjacent to an activating group) is 1. The zero-order chi connectivity index (χ0) is 12.3. The van der Waals surface area contributed by atoms with E-state index in [9.17, 15) is 0 Å². The van der Waals surface area contributed by atoms with Gasteiger partial charge in [-0.3, -0.25) is 4.90 Å². The van der Waals surface area contributed by atoms with E-state index in [-0.39, 0.29) is 0 Å². The van der Waals surface area contributed by atoms with Gasteiger partial charge in [-0.25, -0.2) is 0 Å². The lowest BCUT2D eigenvalue weighted by Crippen LogP contribution is -2.28. The third kappa shape index (κ3) is 3.60. The lowest BCUT2D eigenvalue weighted by atomic mass is 10.2. The topological polar surface area (TPSA) is 32.5 Å². The van der Waals surface area contributed by atoms with Crippen molar-refractivity contribution in [3.63, 3.8) is 0 Å². The molecule has 2 N–H and O–H groups in total. The first-order chi connectivity index (χ1) is 8.15. The maximum atomic E-state index is 6.20. The number of hydrogen-bond donors (Lipinski definition) is 1. The number of anilines is 1. The van der Waals surface area contributed by atoms with E-state index in [0.717, 1.165) is 36.9 Å². The van der Waals surface area contributed by atoms with E-state index in [2.05, 4.69) is 16.8 Å². The highest BCUT2D eigenvalue weighted by Crippen LogP contribution is 2.21. The average molecular weight is 254 g/mol. The van der Waals surface area contributed by atoms with E-state index < -0.39 is 0 Å². The van der Waals surface area contributed by atoms with Gasteiger partial charge in [-0.1, -0.05) is 17.7 Å². The van der Waals surface area contributed by atoms with Gasteiger partial charge in [0.05, 0.1) is 0 Å². The minimum atomic E-state index is 0.731. The molecular weight excluding hydrogens is 234 g/mol. The highest BCUT2D eigenvalue weighted by molar-refractivity contribution is 6.31. The minimum Gasteiger partial charge on any atom is -0.399 e. The van der Waals surface area contributed by atoms with E-state index in [1.54, 1.807) is 0 Å². The number of halogens is 1. The molecule has 2 rings (SSSR count). The van der Waals surface area contributed by atoms with Crippen LogP contribution in [0.2, 0.25) is 5.02 Å². The number of nitrogens with two attached hydrogens (primary N) is 1. The SMILES string of the molecule is CN1CCCN(Cc2ccc(N)cc2Cl)CC1. The number of hydrogen-bond acceptors (Lipinski definition) is 3. The molecule has 1 aliphatic heterocycles. The van der Waals surface area contributed by atoms with Gasteiger partial charge in [0.1, 0.15) is 0 Å². The Morgan fingerprint density at radius 2 is 2.06 bits per heavy atom. The Kier molecular flexibility index (Phi) is 4.26. The first-order valence-corrected chi connectivity index (χ1v) is 6.48. The van der Waals surface area contributed by atoms with Crippen molar-refractivity contribution in [1.29, 1.82) is 0 Å². The lowest BCUT2D eigenvalue weighted by molar-refractivity contribution is 0.269. The Morgan fingerprint density at radius 1 is 1.24 bits per heavy atom. The first kappa shape index (κ1) is 12.7. The number of rotatable bonds is 2. The van der Waals surface area contributed by atoms with E-state index in [1.807, 2.05) is 18.2 Å². The van der Waals surface area contributed by atoms with Crippen LogP contribution in [0.25, 0.3) is 0 Å². The second-order valence-corrected chi connectivity index (χ2v) is 5.19. The molecule has 0 radical (unpaired) electrons. The molecule has 0 unspecified atom stereocenters. The van der Waals surface area contributed by atoms with Gasteiger partial charge in [0, 0.05) is 30.3 Å². The predicted molar refractivity (Wildman–Crippen MR) is 73.3 cm³/mol. The van der Waals surface area contributed by atoms with Crippen molar-refractivity contribution in [2.75, 3.05) is 39.0 Å². The van der Waals surface area contributed by atoms with E-state index in [0.29, 0.717) is 0 Å². The molecule has 0 saturated carbocycles. The zero-order valence-corrected chi connectivity index (χ0v) is 11.1. The van der Waals surface area contributed by atoms with Crippen molar-refractivity contribution >= 4 is 17.3 Å². The summed E-state index contributed by atoms with van der Waals surface area (Å²) in [5.41, 5.74) is 7.60. The maximum absolute atomic E-state index is 6.20. The second kappa shape index (κ2) is 5.71. The first-order valence-electron chi connectivity index (χ1n) is 6.10. The molecule has 1 aromatic carbocycles. The fourth-order valence-corrected chi connectivity index (χ4v) is 2.44. The minimum absolute atomic E-state index is 0.731. The Hall–Kier alpha value is -0.770. The quantitative estimate of drug-likeness (QED) is 0.819. The molecule has 1 aliphatic rings. The van der Waals surface area contributed by atoms with Crippen molar-refractivity contribution in [2.45, 2.75) is 13.0 Å². The Labute approximate surface area is 108 Å². The molecule has 1 heterocycles. The largest absolute Gasteiger partial charge is 0.399 e. The predicted octanol–water partition coefficient (Wildman–Crippen LogP) is 2.06. The van der Waals surface area contributed by atoms with Gasteiger partial charge in [-0.15, -0.1) is 0 Å². The molecule has 0 spiro atoms. The molecule has 1 saturated heterocycles. The molecule has 1 fully saturated rings. The third-order valence-corrected chi connectivity index (χ3v) is 3.64. The van der Waals surface area contributed by atoms with Crippen LogP contribution in [0, 0.1) is 0 Å². The fourth-order valence-electron chi connectivity index (χ4n) is 2.19. The van der Waals surface area contributed by atoms with Crippen molar-refractivity contribution < 1.29 is 0 Å². The van der Waals surface area contributed by atoms with Crippen LogP contribution in [0.4, 0.5) is 5.69 Å². The number of nitrogen functional groups attached to an aromatic ring is 1. The van der Waals surface area contributed by atoms with Gasteiger partial charge in [-0.05, 0) is 44.3 Å². The second-order valence-electron chi connectivity index (χ2n) is 4.78. The van der Waals surface area contributed by atoms with E-state index in [4.69, 9.17) is 17.3 Å². The maximum Gasteiger partial charge on any atom is 0.0471 e. The van der Waals surface area contributed by atoms with Gasteiger partial charge in [-0.2, -0.15) is 0 Å². The van der Waals surface area contributed by atoms with Crippen molar-refractivity contribution in [3.05, 3.63) is 28.8 Å². The van der Waals surface area contributed by atoms with Crippen molar-refractivity contribution in [1.82, 2.24) is 9.80 Å². The standard InChI is InChI=1S/C13H20ClN3/c1-16-5-2-6-17(8-7-16)10-11-3-4-12(15)9-13(11)14/h3-4,9H,2,5-8,10,15H2,1H3. The Bertz CT molecular complexity index is 381. The van der Waals surface area contributed by atoms with Crippen molar-refractivity contribution in [3.8, 4) is 0 Å². The zero-order valence-electron chi connectivity index (χ0n) is 10.3. The number of benzene rings is 1. The van der Waals surface area contributed by atoms with Crippen LogP contribution in [-0.2, 0) is 6.54 Å². The molecular formula is C13H20ClN3. The normalized spacial score (nSPS) is 19.2. The molecule has 0 aliphatic carbocycles. The molecule has 1 aromatic rings. The van der Waals surface area contributed by atoms with E-state index >= 15 is 0 Å². The molecule has 94 valence electrons. The smallest absolute Gasteiger partial charge is 0.0471 e. The van der Waals surface area contributed by atoms with Crippen molar-refractivity contribution in [2.24, 2.45) is 0 Å². The highest BCUT2D eigenvalue weighted by atomic mass is 35.5. The average Bonchev–Trinajstić information content (AvgIpc) is 2.48. The lowest BCUT2D eigenvalue weighted by Gasteiger charge is -2.20. The van der Waals surface area contributed by atoms with E-state index in [1.165, 1.54) is 18.5 Å². The molecule has 3 nitrogen and oxygen atoms in total. The molecule has 0 atom stereocenters. The van der Waals surface area contributed by atoms with Gasteiger partial charge in [0.25, 0.3) is 0 Å². The fraction of sp³-hybridized carbons (Fsp3) is 0.538. The molecule has 0 bridgehead atoms. The van der Waals surface area contributed by atoms with Crippen LogP contribution in [0.3, 0.4) is 0 Å². The van der Waals surface area contributed by atoms with Crippen LogP contribution in [0.1, 0.15) is 12.0 Å². The van der Waals surface area contributed by atoms with Gasteiger partial charge in [0.15, 0.2) is 0 Å². The van der Waals surface area contributed by atoms with Gasteiger partial charge in [0.2, 0.25) is 0 Å². The summed E-state index contributed by atoms with van der Waals surface area (Å²) in [5.74, 6) is 0. The monoisotopic (exact) mass is 253 g/mol. The van der Waals surface area contributed by atoms with Crippen LogP contribution in [0.15, 0.2) is 18.2 Å². The molecule has 0 amide bonds. The highest BCUT2D eigenvalue weighted by Gasteiger charge is 2.13. The number of nitrogens with zero attached hydrogens (tertiary/aromatic N) is 2. The summed E-state index contributed by atoms with van der Waals surface area (Å²) in [6.45, 7) is 5.49. The summed E-state index contributed by atoms with van der Waals surface area (Å²) >= 11 is 6.20. The molecule has 0 aromatic heterocycles. The summed E-state index contributed by atoms with van der Waals surface area (Å²) in [7, 11) is 2.18. The summed E-state index contributed by atoms with van der Waals surface area (Å²) in [4.78, 5) is 4.84. The summed E-state index contributed by atoms with van der Waals surface area (Å²) in [6, 6.07) is 5.79. The molecule has 17 heavy (non-hydrogen) atoms. The third-order valence-electron chi connectivity index (χ3n) is 3.28. The van der Waals surface area contributed by atoms with Crippen LogP contribution < -0.4 is 5.73 Å². The summed E-state index contributed by atoms with van der Waals surface area (Å²) < 4.78 is 0. The van der Waals surface area contributed by atoms with Crippen LogP contribution >= 0.6 is 11.6 Å². The van der Waals surface area contributed by atoms with Gasteiger partial charge < -0.3 is 10.6 Å². The van der Waals surface area contributed by atoms with Gasteiger partial charge >= 0.3 is 0 Å². The Balaban J connectivity index is 2.00. The summed E-state index contributed by atoms with van der Waals surface area (Å²) in [5, 5.41) is 0.780. The molecule has 4 heteroatoms. The summed E-state index contributed by atoms with van der Waals surface area (Å²) in [6.07, 6.45) is 1.23.